The number of carbonyl (C=O) groups is 1. The van der Waals surface area contributed by atoms with Crippen molar-refractivity contribution in [3.8, 4) is 11.1 Å². The number of ether oxygens (including phenoxy) is 1. The normalized spacial score (nSPS) is 10.0. The molecule has 0 radical (unpaired) electrons. The molecule has 17 heavy (non-hydrogen) atoms. The highest BCUT2D eigenvalue weighted by Crippen LogP contribution is 2.25. The lowest BCUT2D eigenvalue weighted by atomic mass is 10.0. The van der Waals surface area contributed by atoms with Crippen LogP contribution in [0.25, 0.3) is 11.1 Å². The standard InChI is InChI=1S/C13H10ClNO2/c1-17-13(16)12-11(6-3-7-15-12)9-4-2-5-10(14)8-9/h2-8H,1H3. The van der Waals surface area contributed by atoms with E-state index in [0.717, 1.165) is 5.56 Å². The van der Waals surface area contributed by atoms with Crippen LogP contribution in [0.3, 0.4) is 0 Å². The predicted molar refractivity (Wildman–Crippen MR) is 66.0 cm³/mol. The molecule has 0 spiro atoms. The third-order valence-corrected chi connectivity index (χ3v) is 2.56. The van der Waals surface area contributed by atoms with Crippen molar-refractivity contribution in [1.82, 2.24) is 4.98 Å². The van der Waals surface area contributed by atoms with Gasteiger partial charge in [0.25, 0.3) is 0 Å². The molecule has 3 nitrogen and oxygen atoms in total. The lowest BCUT2D eigenvalue weighted by Gasteiger charge is -2.06. The van der Waals surface area contributed by atoms with E-state index < -0.39 is 5.97 Å². The summed E-state index contributed by atoms with van der Waals surface area (Å²) >= 11 is 5.92. The Morgan fingerprint density at radius 1 is 1.29 bits per heavy atom. The number of hydrogen-bond acceptors (Lipinski definition) is 3. The van der Waals surface area contributed by atoms with E-state index in [4.69, 9.17) is 16.3 Å². The molecular formula is C13H10ClNO2. The first-order chi connectivity index (χ1) is 8.22. The van der Waals surface area contributed by atoms with Gasteiger partial charge in [-0.25, -0.2) is 9.78 Å². The minimum atomic E-state index is -0.458. The third-order valence-electron chi connectivity index (χ3n) is 2.32. The fraction of sp³-hybridized carbons (Fsp3) is 0.0769. The summed E-state index contributed by atoms with van der Waals surface area (Å²) in [6, 6.07) is 10.8. The molecule has 86 valence electrons. The molecule has 1 aromatic carbocycles. The van der Waals surface area contributed by atoms with Crippen LogP contribution in [-0.2, 0) is 4.74 Å². The molecule has 2 rings (SSSR count). The smallest absolute Gasteiger partial charge is 0.357 e. The molecule has 0 aliphatic rings. The quantitative estimate of drug-likeness (QED) is 0.765. The van der Waals surface area contributed by atoms with Crippen LogP contribution in [0.15, 0.2) is 42.6 Å². The summed E-state index contributed by atoms with van der Waals surface area (Å²) in [6.07, 6.45) is 1.56. The minimum Gasteiger partial charge on any atom is -0.464 e. The first-order valence-electron chi connectivity index (χ1n) is 5.01. The zero-order chi connectivity index (χ0) is 12.3. The monoisotopic (exact) mass is 247 g/mol. The van der Waals surface area contributed by atoms with Crippen LogP contribution >= 0.6 is 11.6 Å². The van der Waals surface area contributed by atoms with Gasteiger partial charge in [-0.2, -0.15) is 0 Å². The molecule has 0 atom stereocenters. The Bertz CT molecular complexity index is 555. The molecule has 0 fully saturated rings. The number of methoxy groups -OCH3 is 1. The second kappa shape index (κ2) is 4.97. The molecule has 0 saturated heterocycles. The van der Waals surface area contributed by atoms with Crippen molar-refractivity contribution in [3.63, 3.8) is 0 Å². The lowest BCUT2D eigenvalue weighted by Crippen LogP contribution is -2.06. The molecule has 0 aliphatic carbocycles. The number of pyridine rings is 1. The van der Waals surface area contributed by atoms with Gasteiger partial charge < -0.3 is 4.74 Å². The van der Waals surface area contributed by atoms with E-state index in [-0.39, 0.29) is 5.69 Å². The average molecular weight is 248 g/mol. The number of esters is 1. The topological polar surface area (TPSA) is 39.2 Å². The van der Waals surface area contributed by atoms with Crippen LogP contribution in [-0.4, -0.2) is 18.1 Å². The van der Waals surface area contributed by atoms with Crippen molar-refractivity contribution < 1.29 is 9.53 Å². The van der Waals surface area contributed by atoms with E-state index in [2.05, 4.69) is 4.98 Å². The summed E-state index contributed by atoms with van der Waals surface area (Å²) in [5.74, 6) is -0.458. The Morgan fingerprint density at radius 2 is 2.12 bits per heavy atom. The Hall–Kier alpha value is -1.87. The number of aromatic nitrogens is 1. The molecule has 1 heterocycles. The van der Waals surface area contributed by atoms with Gasteiger partial charge >= 0.3 is 5.97 Å². The second-order valence-corrected chi connectivity index (χ2v) is 3.84. The zero-order valence-electron chi connectivity index (χ0n) is 9.18. The van der Waals surface area contributed by atoms with Crippen LogP contribution in [0.2, 0.25) is 5.02 Å². The van der Waals surface area contributed by atoms with Crippen molar-refractivity contribution in [1.29, 1.82) is 0 Å². The largest absolute Gasteiger partial charge is 0.464 e. The Balaban J connectivity index is 2.55. The summed E-state index contributed by atoms with van der Waals surface area (Å²) in [6.45, 7) is 0. The summed E-state index contributed by atoms with van der Waals surface area (Å²) in [7, 11) is 1.33. The molecule has 1 aromatic heterocycles. The number of hydrogen-bond donors (Lipinski definition) is 0. The van der Waals surface area contributed by atoms with Crippen LogP contribution in [0.1, 0.15) is 10.5 Å². The van der Waals surface area contributed by atoms with Crippen molar-refractivity contribution in [2.24, 2.45) is 0 Å². The molecule has 0 amide bonds. The lowest BCUT2D eigenvalue weighted by molar-refractivity contribution is 0.0595. The van der Waals surface area contributed by atoms with Gasteiger partial charge in [0.05, 0.1) is 7.11 Å². The Kier molecular flexibility index (Phi) is 3.40. The van der Waals surface area contributed by atoms with E-state index in [1.807, 2.05) is 18.2 Å². The number of nitrogens with zero attached hydrogens (tertiary/aromatic N) is 1. The van der Waals surface area contributed by atoms with Crippen LogP contribution in [0.4, 0.5) is 0 Å². The van der Waals surface area contributed by atoms with E-state index in [1.54, 1.807) is 24.4 Å². The highest BCUT2D eigenvalue weighted by molar-refractivity contribution is 6.30. The Labute approximate surface area is 104 Å². The molecule has 2 aromatic rings. The first-order valence-corrected chi connectivity index (χ1v) is 5.39. The molecule has 0 saturated carbocycles. The van der Waals surface area contributed by atoms with Gasteiger partial charge in [0.15, 0.2) is 5.69 Å². The van der Waals surface area contributed by atoms with E-state index >= 15 is 0 Å². The van der Waals surface area contributed by atoms with E-state index in [1.165, 1.54) is 7.11 Å². The van der Waals surface area contributed by atoms with Crippen molar-refractivity contribution in [2.45, 2.75) is 0 Å². The van der Waals surface area contributed by atoms with E-state index in [9.17, 15) is 4.79 Å². The van der Waals surface area contributed by atoms with Crippen molar-refractivity contribution in [2.75, 3.05) is 7.11 Å². The van der Waals surface area contributed by atoms with Gasteiger partial charge in [0, 0.05) is 16.8 Å². The third kappa shape index (κ3) is 2.45. The summed E-state index contributed by atoms with van der Waals surface area (Å²) in [5.41, 5.74) is 1.84. The molecule has 0 unspecified atom stereocenters. The number of rotatable bonds is 2. The molecular weight excluding hydrogens is 238 g/mol. The predicted octanol–water partition coefficient (Wildman–Crippen LogP) is 3.19. The van der Waals surface area contributed by atoms with E-state index in [0.29, 0.717) is 10.6 Å². The van der Waals surface area contributed by atoms with Gasteiger partial charge in [-0.15, -0.1) is 0 Å². The maximum Gasteiger partial charge on any atom is 0.357 e. The van der Waals surface area contributed by atoms with Gasteiger partial charge in [-0.3, -0.25) is 0 Å². The number of halogens is 1. The maximum absolute atomic E-state index is 11.6. The molecule has 0 aliphatic heterocycles. The van der Waals surface area contributed by atoms with Gasteiger partial charge in [-0.05, 0) is 23.8 Å². The molecule has 4 heteroatoms. The maximum atomic E-state index is 11.6. The van der Waals surface area contributed by atoms with Crippen LogP contribution in [0.5, 0.6) is 0 Å². The number of benzene rings is 1. The van der Waals surface area contributed by atoms with Gasteiger partial charge in [0.1, 0.15) is 0 Å². The van der Waals surface area contributed by atoms with Gasteiger partial charge in [-0.1, -0.05) is 29.8 Å². The minimum absolute atomic E-state index is 0.289. The van der Waals surface area contributed by atoms with Crippen molar-refractivity contribution >= 4 is 17.6 Å². The van der Waals surface area contributed by atoms with Gasteiger partial charge in [0.2, 0.25) is 0 Å². The van der Waals surface area contributed by atoms with Crippen LogP contribution < -0.4 is 0 Å². The summed E-state index contributed by atoms with van der Waals surface area (Å²) in [5, 5.41) is 0.613. The summed E-state index contributed by atoms with van der Waals surface area (Å²) in [4.78, 5) is 15.6. The summed E-state index contributed by atoms with van der Waals surface area (Å²) < 4.78 is 4.69. The molecule has 0 N–H and O–H groups in total. The first kappa shape index (κ1) is 11.6. The Morgan fingerprint density at radius 3 is 2.82 bits per heavy atom. The zero-order valence-corrected chi connectivity index (χ0v) is 9.94. The molecule has 0 bridgehead atoms. The fourth-order valence-electron chi connectivity index (χ4n) is 1.55. The SMILES string of the molecule is COC(=O)c1ncccc1-c1cccc(Cl)c1. The highest BCUT2D eigenvalue weighted by Gasteiger charge is 2.14. The van der Waals surface area contributed by atoms with Crippen LogP contribution in [0, 0.1) is 0 Å². The average Bonchev–Trinajstić information content (AvgIpc) is 2.38. The number of carbonyl (C=O) groups excluding carboxylic acids is 1. The fourth-order valence-corrected chi connectivity index (χ4v) is 1.74. The van der Waals surface area contributed by atoms with Crippen molar-refractivity contribution in [3.05, 3.63) is 53.3 Å². The second-order valence-electron chi connectivity index (χ2n) is 3.40. The highest BCUT2D eigenvalue weighted by atomic mass is 35.5.